The molecular weight excluding hydrogens is 139 g/mol. The lowest BCUT2D eigenvalue weighted by Gasteiger charge is -2.02. The van der Waals surface area contributed by atoms with Crippen molar-refractivity contribution in [1.82, 2.24) is 0 Å². The van der Waals surface area contributed by atoms with Gasteiger partial charge in [-0.1, -0.05) is 17.6 Å². The van der Waals surface area contributed by atoms with Crippen molar-refractivity contribution in [3.05, 3.63) is 29.3 Å². The molecule has 3 heteroatoms. The molecule has 11 heavy (non-hydrogen) atoms. The van der Waals surface area contributed by atoms with Gasteiger partial charge in [-0.15, -0.1) is 0 Å². The minimum atomic E-state index is -0.855. The number of benzene rings is 1. The summed E-state index contributed by atoms with van der Waals surface area (Å²) in [5.41, 5.74) is 2.26. The van der Waals surface area contributed by atoms with Gasteiger partial charge in [-0.2, -0.15) is 0 Å². The average molecular weight is 148 g/mol. The van der Waals surface area contributed by atoms with Crippen molar-refractivity contribution in [2.24, 2.45) is 0 Å². The third kappa shape index (κ3) is 1.42. The van der Waals surface area contributed by atoms with Crippen LogP contribution in [0.4, 0.5) is 0 Å². The van der Waals surface area contributed by atoms with E-state index in [9.17, 15) is 4.79 Å². The molecule has 0 aromatic heterocycles. The highest BCUT2D eigenvalue weighted by Crippen LogP contribution is 2.03. The number of rotatable bonds is 1. The van der Waals surface area contributed by atoms with Crippen LogP contribution in [-0.2, 0) is 0 Å². The number of carbonyl (C=O) groups is 1. The number of carboxylic acid groups (broad SMARTS) is 1. The SMILES string of the molecule is Bc1cccc(C(=O)O)c1C. The molecule has 0 amide bonds. The molecule has 0 bridgehead atoms. The number of carboxylic acids is 1. The van der Waals surface area contributed by atoms with Gasteiger partial charge in [-0.05, 0) is 18.6 Å². The van der Waals surface area contributed by atoms with Crippen LogP contribution in [0, 0.1) is 6.92 Å². The van der Waals surface area contributed by atoms with Crippen molar-refractivity contribution >= 4 is 19.3 Å². The molecule has 0 aliphatic carbocycles. The Labute approximate surface area is 66.3 Å². The zero-order valence-electron chi connectivity index (χ0n) is 6.59. The van der Waals surface area contributed by atoms with E-state index < -0.39 is 5.97 Å². The Kier molecular flexibility index (Phi) is 1.99. The maximum absolute atomic E-state index is 10.6. The highest BCUT2D eigenvalue weighted by Gasteiger charge is 2.06. The van der Waals surface area contributed by atoms with Crippen LogP contribution in [0.15, 0.2) is 18.2 Å². The molecule has 0 radical (unpaired) electrons. The summed E-state index contributed by atoms with van der Waals surface area (Å²) in [6, 6.07) is 5.28. The minimum Gasteiger partial charge on any atom is -0.478 e. The number of hydrogen-bond acceptors (Lipinski definition) is 1. The Morgan fingerprint density at radius 3 is 2.64 bits per heavy atom. The third-order valence-corrected chi connectivity index (χ3v) is 1.84. The zero-order valence-corrected chi connectivity index (χ0v) is 6.59. The maximum Gasteiger partial charge on any atom is 0.335 e. The molecule has 0 spiro atoms. The van der Waals surface area contributed by atoms with E-state index in [1.54, 1.807) is 12.1 Å². The normalized spacial score (nSPS) is 9.55. The summed E-state index contributed by atoms with van der Waals surface area (Å²) in [5, 5.41) is 8.69. The lowest BCUT2D eigenvalue weighted by molar-refractivity contribution is 0.0696. The molecule has 0 saturated heterocycles. The first-order chi connectivity index (χ1) is 5.13. The molecule has 0 heterocycles. The van der Waals surface area contributed by atoms with Gasteiger partial charge in [0, 0.05) is 0 Å². The van der Waals surface area contributed by atoms with Gasteiger partial charge < -0.3 is 5.11 Å². The topological polar surface area (TPSA) is 37.3 Å². The summed E-state index contributed by atoms with van der Waals surface area (Å²) in [6.07, 6.45) is 0. The predicted molar refractivity (Wildman–Crippen MR) is 46.3 cm³/mol. The van der Waals surface area contributed by atoms with Gasteiger partial charge in [0.15, 0.2) is 0 Å². The van der Waals surface area contributed by atoms with Crippen LogP contribution in [0.2, 0.25) is 0 Å². The molecule has 0 fully saturated rings. The fourth-order valence-electron chi connectivity index (χ4n) is 0.983. The molecule has 0 saturated carbocycles. The highest BCUT2D eigenvalue weighted by atomic mass is 16.4. The molecular formula is C8H9BO2. The van der Waals surface area contributed by atoms with Crippen molar-refractivity contribution in [3.8, 4) is 0 Å². The largest absolute Gasteiger partial charge is 0.478 e. The average Bonchev–Trinajstić information content (AvgIpc) is 1.94. The summed E-state index contributed by atoms with van der Waals surface area (Å²) in [6.45, 7) is 1.82. The zero-order chi connectivity index (χ0) is 8.43. The Balaban J connectivity index is 3.27. The highest BCUT2D eigenvalue weighted by molar-refractivity contribution is 6.33. The Morgan fingerprint density at radius 1 is 1.55 bits per heavy atom. The van der Waals surface area contributed by atoms with E-state index in [1.165, 1.54) is 0 Å². The molecule has 0 aliphatic heterocycles. The lowest BCUT2D eigenvalue weighted by atomic mass is 9.88. The van der Waals surface area contributed by atoms with Crippen LogP contribution in [0.3, 0.4) is 0 Å². The van der Waals surface area contributed by atoms with Gasteiger partial charge >= 0.3 is 5.97 Å². The van der Waals surface area contributed by atoms with Crippen molar-refractivity contribution in [2.45, 2.75) is 6.92 Å². The first-order valence-corrected chi connectivity index (χ1v) is 3.42. The van der Waals surface area contributed by atoms with Gasteiger partial charge in [0.1, 0.15) is 7.85 Å². The molecule has 0 unspecified atom stereocenters. The smallest absolute Gasteiger partial charge is 0.335 e. The fourth-order valence-corrected chi connectivity index (χ4v) is 0.983. The van der Waals surface area contributed by atoms with E-state index in [0.29, 0.717) is 5.56 Å². The van der Waals surface area contributed by atoms with Crippen LogP contribution in [-0.4, -0.2) is 18.9 Å². The molecule has 0 aliphatic rings. The van der Waals surface area contributed by atoms with Crippen molar-refractivity contribution in [3.63, 3.8) is 0 Å². The third-order valence-electron chi connectivity index (χ3n) is 1.84. The van der Waals surface area contributed by atoms with E-state index in [-0.39, 0.29) is 0 Å². The van der Waals surface area contributed by atoms with Crippen LogP contribution in [0.25, 0.3) is 0 Å². The molecule has 1 aromatic carbocycles. The first kappa shape index (κ1) is 7.86. The maximum atomic E-state index is 10.6. The summed E-state index contributed by atoms with van der Waals surface area (Å²) in [5.74, 6) is -0.855. The lowest BCUT2D eigenvalue weighted by Crippen LogP contribution is -2.12. The first-order valence-electron chi connectivity index (χ1n) is 3.42. The van der Waals surface area contributed by atoms with Gasteiger partial charge in [0.2, 0.25) is 0 Å². The van der Waals surface area contributed by atoms with E-state index in [4.69, 9.17) is 5.11 Å². The van der Waals surface area contributed by atoms with E-state index in [2.05, 4.69) is 0 Å². The number of aromatic carboxylic acids is 1. The van der Waals surface area contributed by atoms with Gasteiger partial charge in [0.05, 0.1) is 5.56 Å². The van der Waals surface area contributed by atoms with Gasteiger partial charge in [-0.25, -0.2) is 4.79 Å². The molecule has 1 aromatic rings. The molecule has 1 N–H and O–H groups in total. The van der Waals surface area contributed by atoms with Crippen molar-refractivity contribution < 1.29 is 9.90 Å². The second-order valence-electron chi connectivity index (χ2n) is 2.55. The Bertz CT molecular complexity index is 294. The van der Waals surface area contributed by atoms with E-state index in [0.717, 1.165) is 11.0 Å². The summed E-state index contributed by atoms with van der Waals surface area (Å²) in [4.78, 5) is 10.6. The van der Waals surface area contributed by atoms with Gasteiger partial charge in [0.25, 0.3) is 0 Å². The van der Waals surface area contributed by atoms with E-state index in [1.807, 2.05) is 20.8 Å². The predicted octanol–water partition coefficient (Wildman–Crippen LogP) is -0.0484. The second-order valence-corrected chi connectivity index (χ2v) is 2.55. The molecule has 2 nitrogen and oxygen atoms in total. The Hall–Kier alpha value is -1.25. The standard InChI is InChI=1S/C8H9BO2/c1-5-6(8(10)11)3-2-4-7(5)9/h2-4H,9H2,1H3,(H,10,11). The van der Waals surface area contributed by atoms with Crippen LogP contribution >= 0.6 is 0 Å². The van der Waals surface area contributed by atoms with Crippen molar-refractivity contribution in [1.29, 1.82) is 0 Å². The second kappa shape index (κ2) is 2.78. The minimum absolute atomic E-state index is 0.394. The quantitative estimate of drug-likeness (QED) is 0.567. The van der Waals surface area contributed by atoms with E-state index >= 15 is 0 Å². The van der Waals surface area contributed by atoms with Crippen LogP contribution < -0.4 is 5.46 Å². The monoisotopic (exact) mass is 148 g/mol. The summed E-state index contributed by atoms with van der Waals surface area (Å²) >= 11 is 0. The fraction of sp³-hybridized carbons (Fsp3) is 0.125. The molecule has 1 rings (SSSR count). The number of hydrogen-bond donors (Lipinski definition) is 1. The van der Waals surface area contributed by atoms with Crippen LogP contribution in [0.1, 0.15) is 15.9 Å². The molecule has 0 atom stereocenters. The van der Waals surface area contributed by atoms with Crippen LogP contribution in [0.5, 0.6) is 0 Å². The Morgan fingerprint density at radius 2 is 2.18 bits per heavy atom. The van der Waals surface area contributed by atoms with Gasteiger partial charge in [-0.3, -0.25) is 0 Å². The van der Waals surface area contributed by atoms with Crippen molar-refractivity contribution in [2.75, 3.05) is 0 Å². The molecule has 56 valence electrons. The summed E-state index contributed by atoms with van der Waals surface area (Å²) < 4.78 is 0. The summed E-state index contributed by atoms with van der Waals surface area (Å²) in [7, 11) is 1.90.